The van der Waals surface area contributed by atoms with Crippen LogP contribution in [0.15, 0.2) is 30.5 Å². The predicted octanol–water partition coefficient (Wildman–Crippen LogP) is 4.67. The minimum atomic E-state index is -0.409. The maximum Gasteiger partial charge on any atom is 0.233 e. The molecule has 3 rings (SSSR count). The van der Waals surface area contributed by atoms with Crippen LogP contribution in [-0.2, 0) is 9.53 Å². The molecule has 1 aromatic carbocycles. The van der Waals surface area contributed by atoms with E-state index in [9.17, 15) is 4.79 Å². The van der Waals surface area contributed by atoms with Gasteiger partial charge in [0.05, 0.1) is 22.1 Å². The summed E-state index contributed by atoms with van der Waals surface area (Å²) in [4.78, 5) is 16.9. The van der Waals surface area contributed by atoms with E-state index in [1.165, 1.54) is 0 Å². The second-order valence-corrected chi connectivity index (χ2v) is 6.82. The first kappa shape index (κ1) is 18.0. The fourth-order valence-electron chi connectivity index (χ4n) is 2.94. The van der Waals surface area contributed by atoms with Gasteiger partial charge < -0.3 is 10.1 Å². The van der Waals surface area contributed by atoms with Crippen LogP contribution >= 0.6 is 23.2 Å². The third-order valence-corrected chi connectivity index (χ3v) is 4.97. The molecule has 1 N–H and O–H groups in total. The fourth-order valence-corrected chi connectivity index (χ4v) is 3.25. The Hall–Kier alpha value is -1.80. The number of nitrogens with zero attached hydrogens (tertiary/aromatic N) is 1. The number of halogens is 2. The van der Waals surface area contributed by atoms with Crippen LogP contribution in [0.4, 0.5) is 5.82 Å². The second-order valence-electron chi connectivity index (χ2n) is 6.00. The lowest BCUT2D eigenvalue weighted by Crippen LogP contribution is -2.28. The molecule has 1 aromatic heterocycles. The van der Waals surface area contributed by atoms with Gasteiger partial charge in [0.1, 0.15) is 0 Å². The number of amides is 1. The molecule has 1 aliphatic heterocycles. The van der Waals surface area contributed by atoms with Crippen LogP contribution in [0.3, 0.4) is 0 Å². The summed E-state index contributed by atoms with van der Waals surface area (Å²) < 4.78 is 5.82. The normalized spacial score (nSPS) is 18.2. The molecular weight excluding hydrogens is 359 g/mol. The van der Waals surface area contributed by atoms with E-state index in [0.29, 0.717) is 22.3 Å². The van der Waals surface area contributed by atoms with Crippen molar-refractivity contribution in [3.05, 3.63) is 58.2 Å². The quantitative estimate of drug-likeness (QED) is 0.824. The van der Waals surface area contributed by atoms with Gasteiger partial charge in [0, 0.05) is 18.9 Å². The SMILES string of the molecule is O=C(Nc1c#cccn1)[C@H](CC1CCCCO1)c1ccc(Cl)c(Cl)c1. The summed E-state index contributed by atoms with van der Waals surface area (Å²) in [5.74, 6) is -0.230. The first-order chi connectivity index (χ1) is 12.1. The molecule has 25 heavy (non-hydrogen) atoms. The van der Waals surface area contributed by atoms with Crippen molar-refractivity contribution in [2.75, 3.05) is 11.9 Å². The maximum atomic E-state index is 12.9. The molecular formula is C19H18Cl2N2O2. The summed E-state index contributed by atoms with van der Waals surface area (Å²) in [7, 11) is 0. The van der Waals surface area contributed by atoms with Gasteiger partial charge in [-0.05, 0) is 49.4 Å². The summed E-state index contributed by atoms with van der Waals surface area (Å²) >= 11 is 12.2. The molecule has 0 aliphatic carbocycles. The third kappa shape index (κ3) is 4.85. The zero-order chi connectivity index (χ0) is 17.6. The number of ether oxygens (including phenoxy) is 1. The van der Waals surface area contributed by atoms with Gasteiger partial charge in [0.25, 0.3) is 0 Å². The van der Waals surface area contributed by atoms with E-state index in [2.05, 4.69) is 22.4 Å². The number of carbonyl (C=O) groups excluding carboxylic acids is 1. The number of aromatic nitrogens is 1. The van der Waals surface area contributed by atoms with E-state index in [4.69, 9.17) is 27.9 Å². The summed E-state index contributed by atoms with van der Waals surface area (Å²) in [6.07, 6.45) is 5.33. The standard InChI is InChI=1S/C19H18Cl2N2O2/c20-16-8-7-13(11-17(16)21)15(12-14-5-2-4-10-25-14)19(24)23-18-6-1-3-9-22-18/h3,7-9,11,14-15H,2,4-5,10,12H2,(H,22,23,24)/t14?,15-/m1/s1. The van der Waals surface area contributed by atoms with Gasteiger partial charge in [-0.1, -0.05) is 35.3 Å². The Morgan fingerprint density at radius 2 is 2.24 bits per heavy atom. The summed E-state index contributed by atoms with van der Waals surface area (Å²) in [6.45, 7) is 0.739. The number of anilines is 1. The number of benzene rings is 1. The van der Waals surface area contributed by atoms with Crippen LogP contribution in [0.5, 0.6) is 0 Å². The Kier molecular flexibility index (Phi) is 6.14. The Balaban J connectivity index is 1.81. The zero-order valence-corrected chi connectivity index (χ0v) is 15.1. The van der Waals surface area contributed by atoms with Crippen molar-refractivity contribution in [2.45, 2.75) is 37.7 Å². The van der Waals surface area contributed by atoms with Gasteiger partial charge in [0.2, 0.25) is 5.91 Å². The van der Waals surface area contributed by atoms with Gasteiger partial charge >= 0.3 is 0 Å². The highest BCUT2D eigenvalue weighted by Crippen LogP contribution is 2.31. The predicted molar refractivity (Wildman–Crippen MR) is 97.9 cm³/mol. The topological polar surface area (TPSA) is 51.2 Å². The van der Waals surface area contributed by atoms with Crippen molar-refractivity contribution in [3.63, 3.8) is 0 Å². The molecule has 1 saturated heterocycles. The van der Waals surface area contributed by atoms with Crippen LogP contribution in [-0.4, -0.2) is 23.6 Å². The number of rotatable bonds is 5. The van der Waals surface area contributed by atoms with Crippen LogP contribution in [0, 0.1) is 12.1 Å². The summed E-state index contributed by atoms with van der Waals surface area (Å²) in [5.41, 5.74) is 0.806. The zero-order valence-electron chi connectivity index (χ0n) is 13.6. The Bertz CT molecular complexity index is 719. The molecule has 2 heterocycles. The molecule has 2 atom stereocenters. The van der Waals surface area contributed by atoms with Crippen molar-refractivity contribution in [2.24, 2.45) is 0 Å². The molecule has 6 heteroatoms. The Morgan fingerprint density at radius 1 is 1.36 bits per heavy atom. The van der Waals surface area contributed by atoms with E-state index in [1.54, 1.807) is 24.4 Å². The number of carbonyl (C=O) groups is 1. The smallest absolute Gasteiger partial charge is 0.233 e. The molecule has 0 saturated carbocycles. The van der Waals surface area contributed by atoms with Gasteiger partial charge in [-0.2, -0.15) is 0 Å². The molecule has 1 aliphatic rings. The second kappa shape index (κ2) is 8.53. The maximum absolute atomic E-state index is 12.9. The lowest BCUT2D eigenvalue weighted by molar-refractivity contribution is -0.118. The highest BCUT2D eigenvalue weighted by Gasteiger charge is 2.27. The monoisotopic (exact) mass is 376 g/mol. The van der Waals surface area contributed by atoms with Crippen LogP contribution in [0.25, 0.3) is 0 Å². The van der Waals surface area contributed by atoms with Crippen LogP contribution < -0.4 is 5.32 Å². The molecule has 1 amide bonds. The lowest BCUT2D eigenvalue weighted by Gasteiger charge is -2.26. The van der Waals surface area contributed by atoms with Crippen molar-refractivity contribution in [3.8, 4) is 0 Å². The van der Waals surface area contributed by atoms with Crippen LogP contribution in [0.1, 0.15) is 37.2 Å². The van der Waals surface area contributed by atoms with Gasteiger partial charge in [-0.3, -0.25) is 4.79 Å². The molecule has 1 unspecified atom stereocenters. The fraction of sp³-hybridized carbons (Fsp3) is 0.368. The van der Waals surface area contributed by atoms with E-state index in [1.807, 2.05) is 6.07 Å². The number of hydrogen-bond donors (Lipinski definition) is 1. The highest BCUT2D eigenvalue weighted by atomic mass is 35.5. The molecule has 1 fully saturated rings. The minimum Gasteiger partial charge on any atom is -0.378 e. The van der Waals surface area contributed by atoms with Gasteiger partial charge in [0.15, 0.2) is 5.82 Å². The largest absolute Gasteiger partial charge is 0.378 e. The Morgan fingerprint density at radius 3 is 2.92 bits per heavy atom. The van der Waals surface area contributed by atoms with Gasteiger partial charge in [-0.25, -0.2) is 4.98 Å². The average molecular weight is 377 g/mol. The highest BCUT2D eigenvalue weighted by molar-refractivity contribution is 6.42. The van der Waals surface area contributed by atoms with E-state index in [0.717, 1.165) is 31.4 Å². The van der Waals surface area contributed by atoms with Crippen molar-refractivity contribution < 1.29 is 9.53 Å². The van der Waals surface area contributed by atoms with Crippen molar-refractivity contribution >= 4 is 34.9 Å². The number of hydrogen-bond acceptors (Lipinski definition) is 3. The van der Waals surface area contributed by atoms with E-state index < -0.39 is 5.92 Å². The molecule has 4 nitrogen and oxygen atoms in total. The molecule has 0 radical (unpaired) electrons. The summed E-state index contributed by atoms with van der Waals surface area (Å²) in [5, 5.41) is 3.69. The molecule has 130 valence electrons. The number of nitrogens with one attached hydrogen (secondary N) is 1. The molecule has 0 spiro atoms. The molecule has 2 aromatic rings. The van der Waals surface area contributed by atoms with Crippen LogP contribution in [0.2, 0.25) is 10.0 Å². The Labute approximate surface area is 157 Å². The first-order valence-electron chi connectivity index (χ1n) is 8.25. The average Bonchev–Trinajstić information content (AvgIpc) is 2.64. The first-order valence-corrected chi connectivity index (χ1v) is 9.01. The van der Waals surface area contributed by atoms with Crippen molar-refractivity contribution in [1.29, 1.82) is 0 Å². The van der Waals surface area contributed by atoms with Crippen molar-refractivity contribution in [1.82, 2.24) is 4.98 Å². The third-order valence-electron chi connectivity index (χ3n) is 4.23. The molecule has 0 bridgehead atoms. The summed E-state index contributed by atoms with van der Waals surface area (Å²) in [6, 6.07) is 12.5. The van der Waals surface area contributed by atoms with E-state index in [-0.39, 0.29) is 12.0 Å². The lowest BCUT2D eigenvalue weighted by atomic mass is 9.90. The minimum absolute atomic E-state index is 0.0539. The van der Waals surface area contributed by atoms with Gasteiger partial charge in [-0.15, -0.1) is 0 Å². The van der Waals surface area contributed by atoms with E-state index >= 15 is 0 Å².